The Hall–Kier alpha value is -4.60. The highest BCUT2D eigenvalue weighted by molar-refractivity contribution is 6.32. The van der Waals surface area contributed by atoms with Gasteiger partial charge in [-0.3, -0.25) is 9.69 Å². The lowest BCUT2D eigenvalue weighted by atomic mass is 9.68. The molecule has 0 amide bonds. The van der Waals surface area contributed by atoms with Crippen molar-refractivity contribution < 1.29 is 13.9 Å². The molecule has 2 N–H and O–H groups in total. The fourth-order valence-electron chi connectivity index (χ4n) is 6.63. The summed E-state index contributed by atoms with van der Waals surface area (Å²) in [5.74, 6) is -0.353. The first kappa shape index (κ1) is 29.5. The highest BCUT2D eigenvalue weighted by atomic mass is 35.5. The molecule has 222 valence electrons. The number of nitrogens with zero attached hydrogens (tertiary/aromatic N) is 2. The molecule has 0 radical (unpaired) electrons. The van der Waals surface area contributed by atoms with Gasteiger partial charge in [-0.15, -0.1) is 0 Å². The van der Waals surface area contributed by atoms with Crippen LogP contribution in [0.5, 0.6) is 5.75 Å². The molecular weight excluding hydrogens is 573 g/mol. The molecule has 0 saturated heterocycles. The van der Waals surface area contributed by atoms with E-state index in [0.717, 1.165) is 44.4 Å². The van der Waals surface area contributed by atoms with Crippen LogP contribution in [0.2, 0.25) is 5.02 Å². The summed E-state index contributed by atoms with van der Waals surface area (Å²) in [4.78, 5) is 16.1. The molecule has 0 spiro atoms. The molecule has 0 fully saturated rings. The number of hydrogen-bond acceptors (Lipinski definition) is 5. The Morgan fingerprint density at radius 3 is 2.55 bits per heavy atom. The standard InChI is InChI=1S/C37H33ClFN3O2/c1-21-14-22(2)27(15-24(21)20-44-33-13-12-25(39)16-29(33)38)34-28(19-40)36(41)42(31-17-37(3,4)18-32(43)35(31)34)30-11-7-9-23-8-5-6-10-26(23)30/h5-16,34H,17-18,20,41H2,1-4H3. The molecule has 44 heavy (non-hydrogen) atoms. The molecule has 5 nitrogen and oxygen atoms in total. The number of aryl methyl sites for hydroxylation is 2. The molecule has 1 atom stereocenters. The summed E-state index contributed by atoms with van der Waals surface area (Å²) in [5, 5.41) is 12.9. The minimum atomic E-state index is -0.626. The van der Waals surface area contributed by atoms with E-state index in [-0.39, 0.29) is 22.8 Å². The number of anilines is 1. The van der Waals surface area contributed by atoms with Crippen LogP contribution in [0.4, 0.5) is 10.1 Å². The van der Waals surface area contributed by atoms with Gasteiger partial charge in [0.1, 0.15) is 24.0 Å². The van der Waals surface area contributed by atoms with Crippen molar-refractivity contribution in [3.05, 3.63) is 129 Å². The number of carbonyl (C=O) groups is 1. The number of hydrogen-bond donors (Lipinski definition) is 1. The van der Waals surface area contributed by atoms with Crippen LogP contribution in [0.3, 0.4) is 0 Å². The molecule has 1 heterocycles. The van der Waals surface area contributed by atoms with Crippen molar-refractivity contribution in [3.8, 4) is 11.8 Å². The van der Waals surface area contributed by atoms with Crippen LogP contribution in [-0.4, -0.2) is 5.78 Å². The lowest BCUT2D eigenvalue weighted by Crippen LogP contribution is -2.42. The number of carbonyl (C=O) groups excluding carboxylic acids is 1. The van der Waals surface area contributed by atoms with Crippen molar-refractivity contribution in [2.45, 2.75) is 53.1 Å². The first-order chi connectivity index (χ1) is 21.0. The highest BCUT2D eigenvalue weighted by Gasteiger charge is 2.45. The van der Waals surface area contributed by atoms with Crippen LogP contribution >= 0.6 is 11.6 Å². The molecule has 7 heteroatoms. The number of Topliss-reactive ketones (excluding diaryl/α,β-unsaturated/α-hetero) is 1. The Morgan fingerprint density at radius 2 is 1.80 bits per heavy atom. The van der Waals surface area contributed by atoms with Crippen LogP contribution in [0.15, 0.2) is 95.5 Å². The minimum absolute atomic E-state index is 0.0163. The van der Waals surface area contributed by atoms with E-state index >= 15 is 0 Å². The Balaban J connectivity index is 1.52. The predicted molar refractivity (Wildman–Crippen MR) is 173 cm³/mol. The molecule has 1 aliphatic heterocycles. The van der Waals surface area contributed by atoms with E-state index in [1.165, 1.54) is 18.2 Å². The van der Waals surface area contributed by atoms with Crippen molar-refractivity contribution in [2.75, 3.05) is 4.90 Å². The van der Waals surface area contributed by atoms with Crippen LogP contribution in [-0.2, 0) is 11.4 Å². The molecule has 0 aromatic heterocycles. The summed E-state index contributed by atoms with van der Waals surface area (Å²) in [6.45, 7) is 8.34. The van der Waals surface area contributed by atoms with Gasteiger partial charge >= 0.3 is 0 Å². The Bertz CT molecular complexity index is 1950. The van der Waals surface area contributed by atoms with E-state index in [4.69, 9.17) is 22.1 Å². The summed E-state index contributed by atoms with van der Waals surface area (Å²) in [6.07, 6.45) is 0.991. The van der Waals surface area contributed by atoms with E-state index in [1.54, 1.807) is 0 Å². The fraction of sp³-hybridized carbons (Fsp3) is 0.243. The summed E-state index contributed by atoms with van der Waals surface area (Å²) >= 11 is 6.21. The normalized spacial score (nSPS) is 18.0. The van der Waals surface area contributed by atoms with Crippen LogP contribution in [0.25, 0.3) is 10.8 Å². The van der Waals surface area contributed by atoms with Gasteiger partial charge in [0, 0.05) is 23.1 Å². The van der Waals surface area contributed by atoms with Crippen molar-refractivity contribution in [2.24, 2.45) is 11.1 Å². The van der Waals surface area contributed by atoms with E-state index < -0.39 is 11.7 Å². The largest absolute Gasteiger partial charge is 0.487 e. The Kier molecular flexibility index (Phi) is 7.47. The van der Waals surface area contributed by atoms with Crippen molar-refractivity contribution in [3.63, 3.8) is 0 Å². The first-order valence-corrected chi connectivity index (χ1v) is 15.0. The third kappa shape index (κ3) is 5.12. The minimum Gasteiger partial charge on any atom is -0.487 e. The fourth-order valence-corrected chi connectivity index (χ4v) is 6.85. The molecule has 2 aliphatic rings. The average molecular weight is 606 g/mol. The molecule has 4 aromatic rings. The number of nitrogens with two attached hydrogens (primary N) is 1. The molecule has 0 bridgehead atoms. The van der Waals surface area contributed by atoms with Gasteiger partial charge in [-0.25, -0.2) is 4.39 Å². The van der Waals surface area contributed by atoms with Crippen molar-refractivity contribution >= 4 is 33.8 Å². The lowest BCUT2D eigenvalue weighted by Gasteiger charge is -2.44. The van der Waals surface area contributed by atoms with Crippen molar-refractivity contribution in [1.82, 2.24) is 0 Å². The van der Waals surface area contributed by atoms with Gasteiger partial charge in [0.2, 0.25) is 0 Å². The zero-order valence-corrected chi connectivity index (χ0v) is 25.9. The topological polar surface area (TPSA) is 79.4 Å². The van der Waals surface area contributed by atoms with Gasteiger partial charge < -0.3 is 10.5 Å². The van der Waals surface area contributed by atoms with Gasteiger partial charge in [-0.1, -0.05) is 74.0 Å². The molecular formula is C37H33ClFN3O2. The van der Waals surface area contributed by atoms with Gasteiger partial charge in [0.25, 0.3) is 0 Å². The number of ether oxygens (including phenoxy) is 1. The average Bonchev–Trinajstić information content (AvgIpc) is 2.96. The monoisotopic (exact) mass is 605 g/mol. The maximum absolute atomic E-state index is 14.1. The second-order valence-electron chi connectivity index (χ2n) is 12.5. The van der Waals surface area contributed by atoms with Gasteiger partial charge in [0.15, 0.2) is 5.78 Å². The quantitative estimate of drug-likeness (QED) is 0.246. The zero-order valence-electron chi connectivity index (χ0n) is 25.2. The smallest absolute Gasteiger partial charge is 0.162 e. The lowest BCUT2D eigenvalue weighted by molar-refractivity contribution is -0.118. The number of allylic oxidation sites excluding steroid dienone is 3. The van der Waals surface area contributed by atoms with E-state index in [2.05, 4.69) is 19.9 Å². The number of ketones is 1. The highest BCUT2D eigenvalue weighted by Crippen LogP contribution is 2.51. The van der Waals surface area contributed by atoms with Crippen LogP contribution < -0.4 is 15.4 Å². The predicted octanol–water partition coefficient (Wildman–Crippen LogP) is 8.77. The third-order valence-corrected chi connectivity index (χ3v) is 9.00. The number of halogens is 2. The second-order valence-corrected chi connectivity index (χ2v) is 12.9. The van der Waals surface area contributed by atoms with Gasteiger partial charge in [0.05, 0.1) is 28.3 Å². The number of benzene rings is 4. The number of rotatable bonds is 5. The summed E-state index contributed by atoms with van der Waals surface area (Å²) < 4.78 is 19.6. The number of nitriles is 1. The Labute approximate surface area is 262 Å². The molecule has 1 aliphatic carbocycles. The van der Waals surface area contributed by atoms with Crippen molar-refractivity contribution in [1.29, 1.82) is 5.26 Å². The maximum Gasteiger partial charge on any atom is 0.162 e. The van der Waals surface area contributed by atoms with E-state index in [9.17, 15) is 14.4 Å². The second kappa shape index (κ2) is 11.2. The molecule has 6 rings (SSSR count). The van der Waals surface area contributed by atoms with E-state index in [0.29, 0.717) is 35.6 Å². The van der Waals surface area contributed by atoms with Gasteiger partial charge in [-0.2, -0.15) is 5.26 Å². The van der Waals surface area contributed by atoms with Crippen LogP contribution in [0, 0.1) is 36.4 Å². The molecule has 1 unspecified atom stereocenters. The summed E-state index contributed by atoms with van der Waals surface area (Å²) in [5.41, 5.74) is 12.9. The third-order valence-electron chi connectivity index (χ3n) is 8.70. The zero-order chi connectivity index (χ0) is 31.3. The van der Waals surface area contributed by atoms with Crippen LogP contribution in [0.1, 0.15) is 54.9 Å². The summed E-state index contributed by atoms with van der Waals surface area (Å²) in [7, 11) is 0. The van der Waals surface area contributed by atoms with E-state index in [1.807, 2.05) is 73.3 Å². The SMILES string of the molecule is Cc1cc(C)c(C2C(C#N)=C(N)N(c3cccc4ccccc34)C3=C2C(=O)CC(C)(C)C3)cc1COc1ccc(F)cc1Cl. The van der Waals surface area contributed by atoms with Gasteiger partial charge in [-0.05, 0) is 77.6 Å². The number of fused-ring (bicyclic) bond motifs is 1. The first-order valence-electron chi connectivity index (χ1n) is 14.6. The maximum atomic E-state index is 14.1. The molecule has 0 saturated carbocycles. The Morgan fingerprint density at radius 1 is 1.05 bits per heavy atom. The summed E-state index contributed by atoms with van der Waals surface area (Å²) in [6, 6.07) is 24.5. The molecule has 4 aromatic carbocycles.